The molecule has 172 valence electrons. The smallest absolute Gasteiger partial charge is 0.292 e. The van der Waals surface area contributed by atoms with Crippen LogP contribution in [0.3, 0.4) is 0 Å². The van der Waals surface area contributed by atoms with Gasteiger partial charge in [-0.2, -0.15) is 30.6 Å². The number of aromatic nitrogens is 2. The van der Waals surface area contributed by atoms with Gasteiger partial charge in [0.05, 0.1) is 5.69 Å². The summed E-state index contributed by atoms with van der Waals surface area (Å²) in [6.45, 7) is 2.84. The van der Waals surface area contributed by atoms with E-state index in [2.05, 4.69) is 4.72 Å². The van der Waals surface area contributed by atoms with Gasteiger partial charge in [0.1, 0.15) is 11.5 Å². The molecule has 0 atom stereocenters. The molecular formula is C17H19ClF4N4O4S. The predicted molar refractivity (Wildman–Crippen MR) is 106 cm³/mol. The highest BCUT2D eigenvalue weighted by atomic mass is 35.5. The number of halogens is 5. The van der Waals surface area contributed by atoms with E-state index >= 15 is 0 Å². The van der Waals surface area contributed by atoms with Gasteiger partial charge in [0.25, 0.3) is 15.8 Å². The molecule has 0 saturated heterocycles. The maximum absolute atomic E-state index is 14.5. The van der Waals surface area contributed by atoms with Gasteiger partial charge in [0.2, 0.25) is 0 Å². The fourth-order valence-corrected chi connectivity index (χ4v) is 3.87. The summed E-state index contributed by atoms with van der Waals surface area (Å²) >= 11 is 5.95. The fraction of sp³-hybridized carbons (Fsp3) is 0.412. The quantitative estimate of drug-likeness (QED) is 0.632. The summed E-state index contributed by atoms with van der Waals surface area (Å²) in [5.74, 6) is -1.16. The number of alkyl halides is 3. The van der Waals surface area contributed by atoms with Crippen LogP contribution in [0.1, 0.15) is 25.1 Å². The van der Waals surface area contributed by atoms with Crippen molar-refractivity contribution in [2.24, 2.45) is 7.05 Å². The van der Waals surface area contributed by atoms with Crippen LogP contribution in [-0.2, 0) is 30.0 Å². The van der Waals surface area contributed by atoms with Crippen molar-refractivity contribution < 1.29 is 26.0 Å². The van der Waals surface area contributed by atoms with Gasteiger partial charge in [-0.05, 0) is 31.5 Å². The van der Waals surface area contributed by atoms with Crippen LogP contribution >= 0.6 is 11.6 Å². The highest BCUT2D eigenvalue weighted by Crippen LogP contribution is 2.27. The van der Waals surface area contributed by atoms with Crippen molar-refractivity contribution in [3.63, 3.8) is 0 Å². The first-order chi connectivity index (χ1) is 14.1. The third kappa shape index (κ3) is 5.17. The molecule has 1 aromatic carbocycles. The monoisotopic (exact) mass is 486 g/mol. The fourth-order valence-electron chi connectivity index (χ4n) is 2.56. The van der Waals surface area contributed by atoms with Crippen LogP contribution in [-0.4, -0.2) is 34.9 Å². The van der Waals surface area contributed by atoms with Crippen molar-refractivity contribution in [2.45, 2.75) is 32.6 Å². The van der Waals surface area contributed by atoms with Gasteiger partial charge < -0.3 is 0 Å². The van der Waals surface area contributed by atoms with E-state index in [0.29, 0.717) is 0 Å². The molecule has 8 nitrogen and oxygen atoms in total. The molecule has 0 aliphatic rings. The second-order valence-corrected chi connectivity index (χ2v) is 9.10. The van der Waals surface area contributed by atoms with Gasteiger partial charge in [-0.25, -0.2) is 13.8 Å². The molecule has 1 N–H and O–H groups in total. The lowest BCUT2D eigenvalue weighted by atomic mass is 10.2. The van der Waals surface area contributed by atoms with E-state index in [9.17, 15) is 35.6 Å². The zero-order chi connectivity index (χ0) is 23.9. The summed E-state index contributed by atoms with van der Waals surface area (Å²) in [4.78, 5) is 24.6. The summed E-state index contributed by atoms with van der Waals surface area (Å²) in [5.41, 5.74) is -5.03. The van der Waals surface area contributed by atoms with Crippen LogP contribution < -0.4 is 16.0 Å². The lowest BCUT2D eigenvalue weighted by molar-refractivity contribution is -0.144. The Labute approximate surface area is 179 Å². The highest BCUT2D eigenvalue weighted by Gasteiger charge is 2.35. The van der Waals surface area contributed by atoms with Crippen molar-refractivity contribution in [1.82, 2.24) is 18.2 Å². The molecule has 0 saturated carbocycles. The Morgan fingerprint density at radius 3 is 2.29 bits per heavy atom. The van der Waals surface area contributed by atoms with Gasteiger partial charge in [0, 0.05) is 37.8 Å². The van der Waals surface area contributed by atoms with Crippen molar-refractivity contribution in [3.05, 3.63) is 61.1 Å². The van der Waals surface area contributed by atoms with Gasteiger partial charge >= 0.3 is 11.9 Å². The largest absolute Gasteiger partial charge is 0.431 e. The molecular weight excluding hydrogens is 468 g/mol. The molecule has 0 aliphatic carbocycles. The van der Waals surface area contributed by atoms with E-state index < -0.39 is 51.4 Å². The minimum atomic E-state index is -4.98. The molecule has 0 radical (unpaired) electrons. The summed E-state index contributed by atoms with van der Waals surface area (Å²) in [5, 5.41) is -0.215. The first-order valence-corrected chi connectivity index (χ1v) is 10.5. The lowest BCUT2D eigenvalue weighted by Gasteiger charge is -2.21. The van der Waals surface area contributed by atoms with E-state index in [4.69, 9.17) is 11.6 Å². The van der Waals surface area contributed by atoms with Crippen molar-refractivity contribution in [1.29, 1.82) is 0 Å². The molecule has 1 aromatic heterocycles. The SMILES string of the molecule is CC(C)N(C)S(=O)(=O)NCc1cc(-n2c(=O)cc(C(F)(F)F)n(C)c2=O)c(F)cc1Cl. The van der Waals surface area contributed by atoms with E-state index in [-0.39, 0.29) is 31.8 Å². The molecule has 0 unspecified atom stereocenters. The van der Waals surface area contributed by atoms with Gasteiger partial charge in [-0.3, -0.25) is 9.36 Å². The molecule has 0 fully saturated rings. The second kappa shape index (κ2) is 8.73. The number of benzene rings is 1. The lowest BCUT2D eigenvalue weighted by Crippen LogP contribution is -2.42. The number of hydrogen-bond acceptors (Lipinski definition) is 4. The zero-order valence-corrected chi connectivity index (χ0v) is 18.4. The van der Waals surface area contributed by atoms with Crippen LogP contribution in [0.5, 0.6) is 0 Å². The van der Waals surface area contributed by atoms with Crippen LogP contribution in [0, 0.1) is 5.82 Å². The van der Waals surface area contributed by atoms with Gasteiger partial charge in [-0.15, -0.1) is 0 Å². The second-order valence-electron chi connectivity index (χ2n) is 6.87. The Balaban J connectivity index is 2.58. The molecule has 0 amide bonds. The maximum atomic E-state index is 14.5. The molecule has 31 heavy (non-hydrogen) atoms. The van der Waals surface area contributed by atoms with Crippen molar-refractivity contribution in [2.75, 3.05) is 7.05 Å². The summed E-state index contributed by atoms with van der Waals surface area (Å²) in [7, 11) is -1.82. The van der Waals surface area contributed by atoms with Crippen LogP contribution in [0.15, 0.2) is 27.8 Å². The average Bonchev–Trinajstić information content (AvgIpc) is 2.63. The summed E-state index contributed by atoms with van der Waals surface area (Å²) < 4.78 is 81.6. The van der Waals surface area contributed by atoms with Crippen molar-refractivity contribution in [3.8, 4) is 5.69 Å². The third-order valence-electron chi connectivity index (χ3n) is 4.52. The summed E-state index contributed by atoms with van der Waals surface area (Å²) in [6.07, 6.45) is -4.98. The molecule has 0 aliphatic heterocycles. The number of nitrogens with zero attached hydrogens (tertiary/aromatic N) is 3. The minimum absolute atomic E-state index is 0.00681. The molecule has 0 spiro atoms. The van der Waals surface area contributed by atoms with E-state index in [1.807, 2.05) is 0 Å². The van der Waals surface area contributed by atoms with Gasteiger partial charge in [0.15, 0.2) is 0 Å². The number of nitrogens with one attached hydrogen (secondary N) is 1. The highest BCUT2D eigenvalue weighted by molar-refractivity contribution is 7.87. The first-order valence-electron chi connectivity index (χ1n) is 8.69. The molecule has 2 aromatic rings. The topological polar surface area (TPSA) is 93.4 Å². The van der Waals surface area contributed by atoms with Crippen molar-refractivity contribution >= 4 is 21.8 Å². The molecule has 14 heteroatoms. The Morgan fingerprint density at radius 1 is 1.19 bits per heavy atom. The molecule has 0 bridgehead atoms. The summed E-state index contributed by atoms with van der Waals surface area (Å²) in [6, 6.07) is 1.45. The zero-order valence-electron chi connectivity index (χ0n) is 16.8. The molecule has 2 rings (SSSR count). The number of rotatable bonds is 6. The molecule has 1 heterocycles. The van der Waals surface area contributed by atoms with Crippen LogP contribution in [0.25, 0.3) is 5.69 Å². The van der Waals surface area contributed by atoms with Gasteiger partial charge in [-0.1, -0.05) is 11.6 Å². The first kappa shape index (κ1) is 25.0. The Kier molecular flexibility index (Phi) is 7.05. The average molecular weight is 487 g/mol. The maximum Gasteiger partial charge on any atom is 0.431 e. The van der Waals surface area contributed by atoms with E-state index in [1.165, 1.54) is 7.05 Å². The van der Waals surface area contributed by atoms with Crippen LogP contribution in [0.4, 0.5) is 17.6 Å². The third-order valence-corrected chi connectivity index (χ3v) is 6.56. The predicted octanol–water partition coefficient (Wildman–Crippen LogP) is 2.02. The number of hydrogen-bond donors (Lipinski definition) is 1. The van der Waals surface area contributed by atoms with E-state index in [0.717, 1.165) is 23.5 Å². The van der Waals surface area contributed by atoms with E-state index in [1.54, 1.807) is 13.8 Å². The Bertz CT molecular complexity index is 1220. The Morgan fingerprint density at radius 2 is 1.77 bits per heavy atom. The Hall–Kier alpha value is -2.22. The standard InChI is InChI=1S/C17H19ClF4N4O4S/c1-9(2)25(4)31(29,30)23-8-10-5-13(12(19)6-11(10)18)26-15(27)7-14(17(20,21)22)24(3)16(26)28/h5-7,9,23H,8H2,1-4H3. The minimum Gasteiger partial charge on any atom is -0.292 e. The van der Waals surface area contributed by atoms with Crippen LogP contribution in [0.2, 0.25) is 5.02 Å². The normalized spacial score (nSPS) is 12.7.